The summed E-state index contributed by atoms with van der Waals surface area (Å²) in [6, 6.07) is 20.4. The number of nitrogen functional groups attached to an aromatic ring is 1. The maximum Gasteiger partial charge on any atom is 0.0387 e. The molecule has 0 radical (unpaired) electrons. The van der Waals surface area contributed by atoms with Crippen molar-refractivity contribution in [2.24, 2.45) is 0 Å². The van der Waals surface area contributed by atoms with Crippen LogP contribution in [0.15, 0.2) is 67.2 Å². The Balaban J connectivity index is 1.93. The van der Waals surface area contributed by atoms with Crippen LogP contribution in [0, 0.1) is 6.92 Å². The predicted octanol–water partition coefficient (Wildman–Crippen LogP) is 4.81. The zero-order valence-electron chi connectivity index (χ0n) is 12.1. The summed E-state index contributed by atoms with van der Waals surface area (Å²) in [5.41, 5.74) is 10.7. The monoisotopic (exact) mass is 274 g/mol. The highest BCUT2D eigenvalue weighted by atomic mass is 14.9. The molecule has 0 saturated carbocycles. The number of fused-ring (bicyclic) bond motifs is 1. The van der Waals surface area contributed by atoms with E-state index in [0.717, 1.165) is 22.6 Å². The van der Waals surface area contributed by atoms with Gasteiger partial charge in [0.15, 0.2) is 0 Å². The molecule has 2 heteroatoms. The molecule has 3 aromatic rings. The van der Waals surface area contributed by atoms with Crippen molar-refractivity contribution < 1.29 is 0 Å². The molecular weight excluding hydrogens is 256 g/mol. The second-order valence-electron chi connectivity index (χ2n) is 5.24. The van der Waals surface area contributed by atoms with E-state index in [-0.39, 0.29) is 0 Å². The van der Waals surface area contributed by atoms with Crippen molar-refractivity contribution in [1.82, 2.24) is 0 Å². The van der Waals surface area contributed by atoms with Crippen molar-refractivity contribution in [3.05, 3.63) is 78.4 Å². The van der Waals surface area contributed by atoms with E-state index in [2.05, 4.69) is 55.2 Å². The van der Waals surface area contributed by atoms with E-state index in [1.165, 1.54) is 16.3 Å². The number of benzene rings is 3. The number of nitrogens with one attached hydrogen (secondary N) is 1. The minimum Gasteiger partial charge on any atom is -0.399 e. The minimum atomic E-state index is 0.757. The van der Waals surface area contributed by atoms with Crippen molar-refractivity contribution >= 4 is 27.8 Å². The van der Waals surface area contributed by atoms with Crippen LogP contribution in [0.3, 0.4) is 0 Å². The Morgan fingerprint density at radius 2 is 1.57 bits per heavy atom. The highest BCUT2D eigenvalue weighted by Gasteiger charge is 2.05. The highest BCUT2D eigenvalue weighted by Crippen LogP contribution is 2.25. The third-order valence-electron chi connectivity index (χ3n) is 3.62. The number of aryl methyl sites for hydroxylation is 1. The fourth-order valence-corrected chi connectivity index (χ4v) is 2.49. The summed E-state index contributed by atoms with van der Waals surface area (Å²) < 4.78 is 0. The molecule has 0 aliphatic heterocycles. The molecular formula is C19H18N2. The Labute approximate surface area is 124 Å². The van der Waals surface area contributed by atoms with Gasteiger partial charge in [0.2, 0.25) is 0 Å². The van der Waals surface area contributed by atoms with Crippen molar-refractivity contribution in [2.45, 2.75) is 6.92 Å². The maximum atomic E-state index is 5.70. The van der Waals surface area contributed by atoms with E-state index in [9.17, 15) is 0 Å². The van der Waals surface area contributed by atoms with Crippen LogP contribution in [0.4, 0.5) is 11.4 Å². The Hall–Kier alpha value is -2.74. The van der Waals surface area contributed by atoms with Gasteiger partial charge in [-0.1, -0.05) is 36.9 Å². The maximum absolute atomic E-state index is 5.70. The smallest absolute Gasteiger partial charge is 0.0387 e. The predicted molar refractivity (Wildman–Crippen MR) is 92.2 cm³/mol. The molecule has 0 fully saturated rings. The van der Waals surface area contributed by atoms with Crippen LogP contribution in [-0.4, -0.2) is 0 Å². The normalized spacial score (nSPS) is 10.5. The van der Waals surface area contributed by atoms with Gasteiger partial charge in [0.1, 0.15) is 0 Å². The van der Waals surface area contributed by atoms with E-state index in [4.69, 9.17) is 5.73 Å². The van der Waals surface area contributed by atoms with E-state index >= 15 is 0 Å². The standard InChI is InChI=1S/C19H18N2/c1-13-11-15-5-3-4-6-16(15)12-19(13)14(2)21-18-9-7-17(20)8-10-18/h3-12,21H,2,20H2,1H3. The topological polar surface area (TPSA) is 38.0 Å². The van der Waals surface area contributed by atoms with Gasteiger partial charge in [0.25, 0.3) is 0 Å². The van der Waals surface area contributed by atoms with Crippen LogP contribution in [0.5, 0.6) is 0 Å². The van der Waals surface area contributed by atoms with Crippen LogP contribution in [0.1, 0.15) is 11.1 Å². The molecule has 3 N–H and O–H groups in total. The van der Waals surface area contributed by atoms with Crippen LogP contribution in [0.25, 0.3) is 16.5 Å². The van der Waals surface area contributed by atoms with Crippen molar-refractivity contribution in [1.29, 1.82) is 0 Å². The molecule has 21 heavy (non-hydrogen) atoms. The highest BCUT2D eigenvalue weighted by molar-refractivity contribution is 5.89. The molecule has 0 atom stereocenters. The zero-order valence-corrected chi connectivity index (χ0v) is 12.1. The molecule has 0 spiro atoms. The number of hydrogen-bond acceptors (Lipinski definition) is 2. The first-order chi connectivity index (χ1) is 10.1. The summed E-state index contributed by atoms with van der Waals surface area (Å²) in [4.78, 5) is 0. The SMILES string of the molecule is C=C(Nc1ccc(N)cc1)c1cc2ccccc2cc1C. The molecule has 0 saturated heterocycles. The van der Waals surface area contributed by atoms with Crippen LogP contribution in [-0.2, 0) is 0 Å². The van der Waals surface area contributed by atoms with Crippen molar-refractivity contribution in [3.63, 3.8) is 0 Å². The van der Waals surface area contributed by atoms with Gasteiger partial charge in [-0.3, -0.25) is 0 Å². The van der Waals surface area contributed by atoms with Gasteiger partial charge < -0.3 is 11.1 Å². The van der Waals surface area contributed by atoms with E-state index in [1.54, 1.807) is 0 Å². The molecule has 3 rings (SSSR count). The summed E-state index contributed by atoms with van der Waals surface area (Å²) in [5, 5.41) is 5.81. The third kappa shape index (κ3) is 2.75. The molecule has 0 bridgehead atoms. The number of rotatable bonds is 3. The fourth-order valence-electron chi connectivity index (χ4n) is 2.49. The van der Waals surface area contributed by atoms with Gasteiger partial charge >= 0.3 is 0 Å². The molecule has 3 aromatic carbocycles. The molecule has 0 heterocycles. The summed E-state index contributed by atoms with van der Waals surface area (Å²) >= 11 is 0. The molecule has 0 aromatic heterocycles. The summed E-state index contributed by atoms with van der Waals surface area (Å²) in [6.45, 7) is 6.28. The lowest BCUT2D eigenvalue weighted by molar-refractivity contribution is 1.43. The second-order valence-corrected chi connectivity index (χ2v) is 5.24. The van der Waals surface area contributed by atoms with Gasteiger partial charge in [-0.15, -0.1) is 0 Å². The van der Waals surface area contributed by atoms with Crippen LogP contribution < -0.4 is 11.1 Å². The number of hydrogen-bond donors (Lipinski definition) is 2. The largest absolute Gasteiger partial charge is 0.399 e. The van der Waals surface area contributed by atoms with Gasteiger partial charge in [-0.25, -0.2) is 0 Å². The van der Waals surface area contributed by atoms with Crippen LogP contribution >= 0.6 is 0 Å². The van der Waals surface area contributed by atoms with E-state index < -0.39 is 0 Å². The van der Waals surface area contributed by atoms with E-state index in [1.807, 2.05) is 24.3 Å². The minimum absolute atomic E-state index is 0.757. The van der Waals surface area contributed by atoms with Gasteiger partial charge in [0, 0.05) is 22.6 Å². The van der Waals surface area contributed by atoms with Gasteiger partial charge in [0.05, 0.1) is 0 Å². The first-order valence-electron chi connectivity index (χ1n) is 6.95. The third-order valence-corrected chi connectivity index (χ3v) is 3.62. The quantitative estimate of drug-likeness (QED) is 0.672. The van der Waals surface area contributed by atoms with E-state index in [0.29, 0.717) is 0 Å². The molecule has 104 valence electrons. The Morgan fingerprint density at radius 3 is 2.24 bits per heavy atom. The molecule has 0 amide bonds. The van der Waals surface area contributed by atoms with Crippen LogP contribution in [0.2, 0.25) is 0 Å². The van der Waals surface area contributed by atoms with Crippen molar-refractivity contribution in [3.8, 4) is 0 Å². The zero-order chi connectivity index (χ0) is 14.8. The van der Waals surface area contributed by atoms with Gasteiger partial charge in [-0.05, 0) is 53.6 Å². The first kappa shape index (κ1) is 13.3. The Kier molecular flexibility index (Phi) is 3.36. The summed E-state index contributed by atoms with van der Waals surface area (Å²) in [6.07, 6.45) is 0. The lowest BCUT2D eigenvalue weighted by Crippen LogP contribution is -1.99. The lowest BCUT2D eigenvalue weighted by Gasteiger charge is -2.14. The van der Waals surface area contributed by atoms with Gasteiger partial charge in [-0.2, -0.15) is 0 Å². The number of anilines is 2. The lowest BCUT2D eigenvalue weighted by atomic mass is 10.00. The average Bonchev–Trinajstić information content (AvgIpc) is 2.49. The molecule has 0 aliphatic carbocycles. The molecule has 2 nitrogen and oxygen atoms in total. The Morgan fingerprint density at radius 1 is 0.952 bits per heavy atom. The summed E-state index contributed by atoms with van der Waals surface area (Å²) in [7, 11) is 0. The summed E-state index contributed by atoms with van der Waals surface area (Å²) in [5.74, 6) is 0. The fraction of sp³-hybridized carbons (Fsp3) is 0.0526. The second kappa shape index (κ2) is 5.33. The number of nitrogens with two attached hydrogens (primary N) is 1. The van der Waals surface area contributed by atoms with Crippen molar-refractivity contribution in [2.75, 3.05) is 11.1 Å². The molecule has 0 aliphatic rings. The Bertz CT molecular complexity index is 801. The average molecular weight is 274 g/mol. The molecule has 0 unspecified atom stereocenters. The first-order valence-corrected chi connectivity index (χ1v) is 6.95.